The van der Waals surface area contributed by atoms with E-state index in [0.29, 0.717) is 17.1 Å². The Labute approximate surface area is 99.9 Å². The molecule has 0 fully saturated rings. The van der Waals surface area contributed by atoms with Crippen LogP contribution >= 0.6 is 15.9 Å². The van der Waals surface area contributed by atoms with E-state index in [0.717, 1.165) is 9.86 Å². The number of benzene rings is 1. The number of carboxylic acid groups (broad SMARTS) is 1. The Hall–Kier alpha value is -1.49. The maximum absolute atomic E-state index is 10.6. The molecule has 0 aliphatic carbocycles. The number of rotatable bonds is 3. The van der Waals surface area contributed by atoms with Crippen molar-refractivity contribution in [3.8, 4) is 5.75 Å². The minimum Gasteiger partial charge on any atom is -0.493 e. The van der Waals surface area contributed by atoms with Gasteiger partial charge in [-0.1, -0.05) is 15.9 Å². The van der Waals surface area contributed by atoms with Crippen LogP contribution in [0, 0.1) is 0 Å². The number of carboxylic acids is 1. The normalized spacial score (nSPS) is 10.6. The molecule has 0 atom stereocenters. The lowest BCUT2D eigenvalue weighted by molar-refractivity contribution is -0.136. The maximum Gasteiger partial charge on any atom is 0.311 e. The zero-order valence-corrected chi connectivity index (χ0v) is 10.1. The molecule has 16 heavy (non-hydrogen) atoms. The topological polar surface area (TPSA) is 59.7 Å². The number of furan rings is 1. The Morgan fingerprint density at radius 1 is 1.50 bits per heavy atom. The first-order valence-corrected chi connectivity index (χ1v) is 5.37. The van der Waals surface area contributed by atoms with Gasteiger partial charge in [0.2, 0.25) is 0 Å². The van der Waals surface area contributed by atoms with Crippen molar-refractivity contribution < 1.29 is 19.1 Å². The highest BCUT2D eigenvalue weighted by Crippen LogP contribution is 2.32. The van der Waals surface area contributed by atoms with Gasteiger partial charge in [-0.25, -0.2) is 0 Å². The highest BCUT2D eigenvalue weighted by molar-refractivity contribution is 9.10. The van der Waals surface area contributed by atoms with Crippen LogP contribution in [0.5, 0.6) is 5.75 Å². The molecule has 1 N–H and O–H groups in total. The van der Waals surface area contributed by atoms with Gasteiger partial charge in [0.15, 0.2) is 11.3 Å². The Morgan fingerprint density at radius 3 is 2.88 bits per heavy atom. The van der Waals surface area contributed by atoms with E-state index in [9.17, 15) is 4.79 Å². The molecule has 0 bridgehead atoms. The van der Waals surface area contributed by atoms with Crippen molar-refractivity contribution >= 4 is 32.9 Å². The maximum atomic E-state index is 10.6. The molecule has 0 amide bonds. The smallest absolute Gasteiger partial charge is 0.311 e. The molecule has 1 heterocycles. The number of methoxy groups -OCH3 is 1. The third kappa shape index (κ3) is 2.04. The summed E-state index contributed by atoms with van der Waals surface area (Å²) in [5, 5.41) is 9.49. The van der Waals surface area contributed by atoms with Crippen LogP contribution in [0.1, 0.15) is 5.76 Å². The van der Waals surface area contributed by atoms with Crippen LogP contribution in [0.2, 0.25) is 0 Å². The Bertz CT molecular complexity index is 544. The lowest BCUT2D eigenvalue weighted by Crippen LogP contribution is -1.97. The fourth-order valence-corrected chi connectivity index (χ4v) is 1.98. The third-order valence-electron chi connectivity index (χ3n) is 2.14. The van der Waals surface area contributed by atoms with Crippen molar-refractivity contribution in [3.05, 3.63) is 28.4 Å². The standard InChI is InChI=1S/C11H9BrO4/c1-15-9-4-7(12)2-6-3-8(5-10(13)14)16-11(6)9/h2-4H,5H2,1H3,(H,13,14). The van der Waals surface area contributed by atoms with Crippen molar-refractivity contribution in [2.24, 2.45) is 0 Å². The fraction of sp³-hybridized carbons (Fsp3) is 0.182. The number of carbonyl (C=O) groups is 1. The molecule has 84 valence electrons. The summed E-state index contributed by atoms with van der Waals surface area (Å²) in [6, 6.07) is 5.33. The molecule has 0 radical (unpaired) electrons. The molecular weight excluding hydrogens is 276 g/mol. The highest BCUT2D eigenvalue weighted by Gasteiger charge is 2.12. The first-order chi connectivity index (χ1) is 7.60. The number of fused-ring (bicyclic) bond motifs is 1. The van der Waals surface area contributed by atoms with E-state index in [1.54, 1.807) is 19.2 Å². The molecular formula is C11H9BrO4. The van der Waals surface area contributed by atoms with E-state index in [1.807, 2.05) is 6.07 Å². The predicted molar refractivity (Wildman–Crippen MR) is 61.8 cm³/mol. The minimum absolute atomic E-state index is 0.130. The third-order valence-corrected chi connectivity index (χ3v) is 2.60. The molecule has 4 nitrogen and oxygen atoms in total. The summed E-state index contributed by atoms with van der Waals surface area (Å²) >= 11 is 3.35. The van der Waals surface area contributed by atoms with Crippen molar-refractivity contribution in [1.82, 2.24) is 0 Å². The first kappa shape index (κ1) is 11.0. The second-order valence-electron chi connectivity index (χ2n) is 3.31. The van der Waals surface area contributed by atoms with Gasteiger partial charge < -0.3 is 14.3 Å². The molecule has 0 aliphatic rings. The van der Waals surface area contributed by atoms with Crippen LogP contribution in [0.3, 0.4) is 0 Å². The Kier molecular flexibility index (Phi) is 2.87. The summed E-state index contributed by atoms with van der Waals surface area (Å²) < 4.78 is 11.4. The molecule has 5 heteroatoms. The second-order valence-corrected chi connectivity index (χ2v) is 4.23. The second kappa shape index (κ2) is 4.17. The van der Waals surface area contributed by atoms with E-state index >= 15 is 0 Å². The van der Waals surface area contributed by atoms with Gasteiger partial charge >= 0.3 is 5.97 Å². The number of hydrogen-bond acceptors (Lipinski definition) is 3. The zero-order valence-electron chi connectivity index (χ0n) is 8.49. The Balaban J connectivity index is 2.55. The van der Waals surface area contributed by atoms with Crippen LogP contribution in [-0.2, 0) is 11.2 Å². The molecule has 0 spiro atoms. The van der Waals surface area contributed by atoms with Gasteiger partial charge in [0.05, 0.1) is 7.11 Å². The quantitative estimate of drug-likeness (QED) is 0.942. The molecule has 0 saturated carbocycles. The van der Waals surface area contributed by atoms with Crippen LogP contribution in [0.4, 0.5) is 0 Å². The lowest BCUT2D eigenvalue weighted by Gasteiger charge is -2.00. The van der Waals surface area contributed by atoms with Crippen molar-refractivity contribution in [1.29, 1.82) is 0 Å². The van der Waals surface area contributed by atoms with Crippen LogP contribution in [0.25, 0.3) is 11.0 Å². The van der Waals surface area contributed by atoms with Crippen LogP contribution in [0.15, 0.2) is 27.1 Å². The van der Waals surface area contributed by atoms with E-state index in [2.05, 4.69) is 15.9 Å². The van der Waals surface area contributed by atoms with Gasteiger partial charge in [0.1, 0.15) is 12.2 Å². The molecule has 0 aliphatic heterocycles. The summed E-state index contributed by atoms with van der Waals surface area (Å²) in [7, 11) is 1.54. The number of halogens is 1. The molecule has 0 saturated heterocycles. The average Bonchev–Trinajstić information content (AvgIpc) is 2.57. The summed E-state index contributed by atoms with van der Waals surface area (Å²) in [5.74, 6) is 0.0806. The van der Waals surface area contributed by atoms with Gasteiger partial charge in [0.25, 0.3) is 0 Å². The predicted octanol–water partition coefficient (Wildman–Crippen LogP) is 2.83. The van der Waals surface area contributed by atoms with E-state index in [1.165, 1.54) is 0 Å². The largest absolute Gasteiger partial charge is 0.493 e. The average molecular weight is 285 g/mol. The van der Waals surface area contributed by atoms with Gasteiger partial charge in [-0.05, 0) is 18.2 Å². The molecule has 0 unspecified atom stereocenters. The summed E-state index contributed by atoms with van der Waals surface area (Å²) in [6.45, 7) is 0. The number of hydrogen-bond donors (Lipinski definition) is 1. The summed E-state index contributed by atoms with van der Waals surface area (Å²) in [4.78, 5) is 10.6. The van der Waals surface area contributed by atoms with Gasteiger partial charge in [-0.2, -0.15) is 0 Å². The van der Waals surface area contributed by atoms with Crippen molar-refractivity contribution in [3.63, 3.8) is 0 Å². The summed E-state index contributed by atoms with van der Waals surface area (Å²) in [6.07, 6.45) is -0.130. The lowest BCUT2D eigenvalue weighted by atomic mass is 10.2. The van der Waals surface area contributed by atoms with Gasteiger partial charge in [-0.15, -0.1) is 0 Å². The van der Waals surface area contributed by atoms with Crippen molar-refractivity contribution in [2.75, 3.05) is 7.11 Å². The van der Waals surface area contributed by atoms with Crippen LogP contribution in [-0.4, -0.2) is 18.2 Å². The molecule has 2 aromatic rings. The molecule has 1 aromatic carbocycles. The van der Waals surface area contributed by atoms with E-state index in [-0.39, 0.29) is 6.42 Å². The first-order valence-electron chi connectivity index (χ1n) is 4.58. The SMILES string of the molecule is COc1cc(Br)cc2cc(CC(=O)O)oc12. The highest BCUT2D eigenvalue weighted by atomic mass is 79.9. The molecule has 2 rings (SSSR count). The number of ether oxygens (including phenoxy) is 1. The van der Waals surface area contributed by atoms with Gasteiger partial charge in [-0.3, -0.25) is 4.79 Å². The number of aliphatic carboxylic acids is 1. The van der Waals surface area contributed by atoms with Gasteiger partial charge in [0, 0.05) is 9.86 Å². The zero-order chi connectivity index (χ0) is 11.7. The monoisotopic (exact) mass is 284 g/mol. The van der Waals surface area contributed by atoms with E-state index < -0.39 is 5.97 Å². The summed E-state index contributed by atoms with van der Waals surface area (Å²) in [5.41, 5.74) is 0.571. The minimum atomic E-state index is -0.919. The van der Waals surface area contributed by atoms with Crippen molar-refractivity contribution in [2.45, 2.75) is 6.42 Å². The van der Waals surface area contributed by atoms with Crippen LogP contribution < -0.4 is 4.74 Å². The van der Waals surface area contributed by atoms with E-state index in [4.69, 9.17) is 14.3 Å². The fourth-order valence-electron chi connectivity index (χ4n) is 1.53. The Morgan fingerprint density at radius 2 is 2.25 bits per heavy atom. The molecule has 1 aromatic heterocycles.